The first-order valence-electron chi connectivity index (χ1n) is 7.82. The highest BCUT2D eigenvalue weighted by Crippen LogP contribution is 2.30. The molecule has 25 heavy (non-hydrogen) atoms. The Hall–Kier alpha value is -1.99. The first kappa shape index (κ1) is 17.8. The third-order valence-corrected chi connectivity index (χ3v) is 4.95. The SMILES string of the molecule is CC(CNSc1ccc(C(F)(F)F)cc1)N1Cc2ccccc2C1=O. The number of benzene rings is 2. The number of nitrogens with one attached hydrogen (secondary N) is 1. The van der Waals surface area contributed by atoms with E-state index in [2.05, 4.69) is 4.72 Å². The molecule has 0 aromatic heterocycles. The third kappa shape index (κ3) is 3.99. The summed E-state index contributed by atoms with van der Waals surface area (Å²) in [7, 11) is 0. The maximum atomic E-state index is 12.5. The summed E-state index contributed by atoms with van der Waals surface area (Å²) in [5.74, 6) is 0.0180. The number of rotatable bonds is 5. The van der Waals surface area contributed by atoms with Crippen molar-refractivity contribution >= 4 is 17.9 Å². The van der Waals surface area contributed by atoms with Crippen LogP contribution in [0.2, 0.25) is 0 Å². The molecule has 0 fully saturated rings. The van der Waals surface area contributed by atoms with Gasteiger partial charge in [0.15, 0.2) is 0 Å². The van der Waals surface area contributed by atoms with Crippen molar-refractivity contribution in [3.05, 3.63) is 65.2 Å². The van der Waals surface area contributed by atoms with Crippen LogP contribution < -0.4 is 4.72 Å². The highest BCUT2D eigenvalue weighted by molar-refractivity contribution is 7.97. The zero-order valence-electron chi connectivity index (χ0n) is 13.5. The van der Waals surface area contributed by atoms with Crippen LogP contribution in [0, 0.1) is 0 Å². The number of halogens is 3. The van der Waals surface area contributed by atoms with Gasteiger partial charge in [-0.15, -0.1) is 0 Å². The maximum Gasteiger partial charge on any atom is 0.416 e. The molecule has 7 heteroatoms. The first-order valence-corrected chi connectivity index (χ1v) is 8.64. The molecule has 0 radical (unpaired) electrons. The summed E-state index contributed by atoms with van der Waals surface area (Å²) in [5.41, 5.74) is 1.10. The van der Waals surface area contributed by atoms with Crippen LogP contribution in [0.1, 0.15) is 28.4 Å². The molecule has 0 bridgehead atoms. The highest BCUT2D eigenvalue weighted by atomic mass is 32.2. The molecule has 1 heterocycles. The normalized spacial score (nSPS) is 15.4. The Bertz CT molecular complexity index is 762. The molecule has 0 spiro atoms. The van der Waals surface area contributed by atoms with Gasteiger partial charge in [0.2, 0.25) is 0 Å². The Labute approximate surface area is 148 Å². The number of amides is 1. The van der Waals surface area contributed by atoms with E-state index in [0.29, 0.717) is 18.0 Å². The lowest BCUT2D eigenvalue weighted by Crippen LogP contribution is -2.39. The molecule has 0 saturated carbocycles. The van der Waals surface area contributed by atoms with E-state index < -0.39 is 11.7 Å². The molecule has 1 N–H and O–H groups in total. The number of hydrogen-bond acceptors (Lipinski definition) is 3. The van der Waals surface area contributed by atoms with Gasteiger partial charge in [0.1, 0.15) is 0 Å². The minimum atomic E-state index is -4.32. The van der Waals surface area contributed by atoms with Crippen molar-refractivity contribution in [2.24, 2.45) is 0 Å². The van der Waals surface area contributed by atoms with E-state index in [0.717, 1.165) is 23.3 Å². The van der Waals surface area contributed by atoms with Gasteiger partial charge in [-0.2, -0.15) is 13.2 Å². The van der Waals surface area contributed by atoms with E-state index in [-0.39, 0.29) is 11.9 Å². The lowest BCUT2D eigenvalue weighted by Gasteiger charge is -2.24. The van der Waals surface area contributed by atoms with Gasteiger partial charge >= 0.3 is 6.18 Å². The molecule has 1 aliphatic heterocycles. The Balaban J connectivity index is 1.52. The highest BCUT2D eigenvalue weighted by Gasteiger charge is 2.31. The van der Waals surface area contributed by atoms with Crippen LogP contribution in [-0.2, 0) is 12.7 Å². The van der Waals surface area contributed by atoms with E-state index >= 15 is 0 Å². The van der Waals surface area contributed by atoms with Gasteiger partial charge in [-0.25, -0.2) is 0 Å². The summed E-state index contributed by atoms with van der Waals surface area (Å²) in [4.78, 5) is 14.9. The molecular formula is C18H17F3N2OS. The summed E-state index contributed by atoms with van der Waals surface area (Å²) < 4.78 is 40.7. The van der Waals surface area contributed by atoms with Gasteiger partial charge < -0.3 is 4.90 Å². The van der Waals surface area contributed by atoms with Crippen molar-refractivity contribution in [2.75, 3.05) is 6.54 Å². The lowest BCUT2D eigenvalue weighted by atomic mass is 10.1. The standard InChI is InChI=1S/C18H17F3N2OS/c1-12(23-11-13-4-2-3-5-16(13)17(23)24)10-22-25-15-8-6-14(7-9-15)18(19,20)21/h2-9,12,22H,10-11H2,1H3. The Morgan fingerprint density at radius 3 is 2.48 bits per heavy atom. The minimum absolute atomic E-state index is 0.0180. The zero-order valence-corrected chi connectivity index (χ0v) is 14.3. The van der Waals surface area contributed by atoms with E-state index in [9.17, 15) is 18.0 Å². The summed E-state index contributed by atoms with van der Waals surface area (Å²) in [6.07, 6.45) is -4.32. The van der Waals surface area contributed by atoms with Crippen molar-refractivity contribution in [3.8, 4) is 0 Å². The number of carbonyl (C=O) groups is 1. The molecule has 0 saturated heterocycles. The summed E-state index contributed by atoms with van der Waals surface area (Å²) >= 11 is 1.26. The molecule has 1 atom stereocenters. The van der Waals surface area contributed by atoms with Crippen LogP contribution >= 0.6 is 11.9 Å². The van der Waals surface area contributed by atoms with E-state index in [1.165, 1.54) is 24.1 Å². The van der Waals surface area contributed by atoms with Crippen LogP contribution in [0.15, 0.2) is 53.4 Å². The van der Waals surface area contributed by atoms with Crippen LogP contribution in [0.25, 0.3) is 0 Å². The molecule has 1 aliphatic rings. The maximum absolute atomic E-state index is 12.5. The zero-order chi connectivity index (χ0) is 18.0. The molecule has 2 aromatic rings. The van der Waals surface area contributed by atoms with E-state index in [4.69, 9.17) is 0 Å². The second kappa shape index (κ2) is 7.09. The Morgan fingerprint density at radius 1 is 1.16 bits per heavy atom. The second-order valence-electron chi connectivity index (χ2n) is 5.91. The van der Waals surface area contributed by atoms with Crippen LogP contribution in [-0.4, -0.2) is 23.4 Å². The smallest absolute Gasteiger partial charge is 0.330 e. The fraction of sp³-hybridized carbons (Fsp3) is 0.278. The Morgan fingerprint density at radius 2 is 1.84 bits per heavy atom. The van der Waals surface area contributed by atoms with E-state index in [1.807, 2.05) is 31.2 Å². The summed E-state index contributed by atoms with van der Waals surface area (Å²) in [6.45, 7) is 3.07. The number of alkyl halides is 3. The predicted octanol–water partition coefficient (Wildman–Crippen LogP) is 4.35. The first-order chi connectivity index (χ1) is 11.9. The largest absolute Gasteiger partial charge is 0.416 e. The summed E-state index contributed by atoms with van der Waals surface area (Å²) in [6, 6.07) is 12.5. The number of carbonyl (C=O) groups excluding carboxylic acids is 1. The van der Waals surface area contributed by atoms with Crippen LogP contribution in [0.4, 0.5) is 13.2 Å². The van der Waals surface area contributed by atoms with Crippen molar-refractivity contribution < 1.29 is 18.0 Å². The van der Waals surface area contributed by atoms with Gasteiger partial charge in [0.05, 0.1) is 5.56 Å². The van der Waals surface area contributed by atoms with Crippen LogP contribution in [0.3, 0.4) is 0 Å². The lowest BCUT2D eigenvalue weighted by molar-refractivity contribution is -0.137. The van der Waals surface area contributed by atoms with Gasteiger partial charge in [0.25, 0.3) is 5.91 Å². The van der Waals surface area contributed by atoms with Gasteiger partial charge in [-0.05, 0) is 54.8 Å². The number of hydrogen-bond donors (Lipinski definition) is 1. The summed E-state index contributed by atoms with van der Waals surface area (Å²) in [5, 5.41) is 0. The monoisotopic (exact) mass is 366 g/mol. The van der Waals surface area contributed by atoms with Gasteiger partial charge in [-0.3, -0.25) is 9.52 Å². The van der Waals surface area contributed by atoms with Crippen LogP contribution in [0.5, 0.6) is 0 Å². The predicted molar refractivity (Wildman–Crippen MR) is 91.1 cm³/mol. The molecule has 0 aliphatic carbocycles. The van der Waals surface area contributed by atoms with Gasteiger partial charge in [0, 0.05) is 29.6 Å². The molecule has 1 unspecified atom stereocenters. The quantitative estimate of drug-likeness (QED) is 0.799. The fourth-order valence-corrected chi connectivity index (χ4v) is 3.46. The fourth-order valence-electron chi connectivity index (χ4n) is 2.70. The average molecular weight is 366 g/mol. The van der Waals surface area contributed by atoms with Gasteiger partial charge in [-0.1, -0.05) is 18.2 Å². The average Bonchev–Trinajstić information content (AvgIpc) is 2.92. The van der Waals surface area contributed by atoms with Crippen molar-refractivity contribution in [1.29, 1.82) is 0 Å². The topological polar surface area (TPSA) is 32.3 Å². The van der Waals surface area contributed by atoms with E-state index in [1.54, 1.807) is 4.90 Å². The third-order valence-electron chi connectivity index (χ3n) is 4.13. The minimum Gasteiger partial charge on any atom is -0.330 e. The Kier molecular flexibility index (Phi) is 5.06. The molecule has 3 nitrogen and oxygen atoms in total. The molecule has 3 rings (SSSR count). The second-order valence-corrected chi connectivity index (χ2v) is 6.88. The van der Waals surface area contributed by atoms with Crippen molar-refractivity contribution in [3.63, 3.8) is 0 Å². The van der Waals surface area contributed by atoms with Crippen molar-refractivity contribution in [1.82, 2.24) is 9.62 Å². The van der Waals surface area contributed by atoms with Crippen molar-refractivity contribution in [2.45, 2.75) is 30.6 Å². The molecule has 2 aromatic carbocycles. The number of fused-ring (bicyclic) bond motifs is 1. The molecular weight excluding hydrogens is 349 g/mol. The molecule has 1 amide bonds. The molecule has 132 valence electrons. The number of nitrogens with zero attached hydrogens (tertiary/aromatic N) is 1.